The van der Waals surface area contributed by atoms with Gasteiger partial charge in [-0.15, -0.1) is 0 Å². The van der Waals surface area contributed by atoms with Crippen molar-refractivity contribution in [1.29, 1.82) is 0 Å². The fourth-order valence-electron chi connectivity index (χ4n) is 2.93. The molecule has 0 radical (unpaired) electrons. The minimum Gasteiger partial charge on any atom is -0.332 e. The van der Waals surface area contributed by atoms with Crippen LogP contribution in [0.15, 0.2) is 48.5 Å². The van der Waals surface area contributed by atoms with E-state index in [0.29, 0.717) is 6.04 Å². The lowest BCUT2D eigenvalue weighted by atomic mass is 10.1. The molecule has 1 atom stereocenters. The molecule has 0 saturated carbocycles. The van der Waals surface area contributed by atoms with Gasteiger partial charge in [-0.3, -0.25) is 0 Å². The molecule has 1 heterocycles. The van der Waals surface area contributed by atoms with Crippen LogP contribution >= 0.6 is 12.2 Å². The number of aryl methyl sites for hydroxylation is 1. The van der Waals surface area contributed by atoms with E-state index in [1.807, 2.05) is 0 Å². The Morgan fingerprint density at radius 1 is 1.24 bits per heavy atom. The highest BCUT2D eigenvalue weighted by Crippen LogP contribution is 2.32. The van der Waals surface area contributed by atoms with Crippen molar-refractivity contribution in [3.63, 3.8) is 0 Å². The van der Waals surface area contributed by atoms with E-state index in [2.05, 4.69) is 72.6 Å². The topological polar surface area (TPSA) is 15.3 Å². The summed E-state index contributed by atoms with van der Waals surface area (Å²) >= 11 is 5.64. The van der Waals surface area contributed by atoms with Gasteiger partial charge in [-0.25, -0.2) is 0 Å². The summed E-state index contributed by atoms with van der Waals surface area (Å²) in [5.74, 6) is 0. The smallest absolute Gasteiger partial charge is 0.178 e. The maximum atomic E-state index is 5.64. The van der Waals surface area contributed by atoms with E-state index in [4.69, 9.17) is 12.2 Å². The standard InChI is InChI=1S/C18H20N2S/c1-3-14-7-6-9-16(12-14)19-18(21)20-13(2)11-15-8-4-5-10-17(15)20/h4-10,12-13H,3,11H2,1-2H3,(H,19,21)/t13-/m1/s1. The number of thiocarbonyl (C=S) groups is 1. The third kappa shape index (κ3) is 2.79. The second kappa shape index (κ2) is 5.86. The Bertz CT molecular complexity index is 666. The number of nitrogens with one attached hydrogen (secondary N) is 1. The summed E-state index contributed by atoms with van der Waals surface area (Å²) < 4.78 is 0. The van der Waals surface area contributed by atoms with Crippen molar-refractivity contribution < 1.29 is 0 Å². The van der Waals surface area contributed by atoms with Crippen LogP contribution in [0.4, 0.5) is 11.4 Å². The Hall–Kier alpha value is -1.87. The summed E-state index contributed by atoms with van der Waals surface area (Å²) in [5, 5.41) is 4.17. The zero-order chi connectivity index (χ0) is 14.8. The molecule has 3 rings (SSSR count). The Morgan fingerprint density at radius 3 is 2.86 bits per heavy atom. The molecule has 0 amide bonds. The number of hydrogen-bond acceptors (Lipinski definition) is 1. The minimum atomic E-state index is 0.400. The van der Waals surface area contributed by atoms with E-state index in [0.717, 1.165) is 23.6 Å². The highest BCUT2D eigenvalue weighted by molar-refractivity contribution is 7.80. The zero-order valence-corrected chi connectivity index (χ0v) is 13.3. The van der Waals surface area contributed by atoms with Crippen LogP contribution in [0.25, 0.3) is 0 Å². The molecule has 1 N–H and O–H groups in total. The molecule has 0 bridgehead atoms. The number of hydrogen-bond donors (Lipinski definition) is 1. The van der Waals surface area contributed by atoms with Gasteiger partial charge in [-0.1, -0.05) is 37.3 Å². The predicted molar refractivity (Wildman–Crippen MR) is 94.1 cm³/mol. The monoisotopic (exact) mass is 296 g/mol. The zero-order valence-electron chi connectivity index (χ0n) is 12.5. The SMILES string of the molecule is CCc1cccc(NC(=S)N2c3ccccc3C[C@H]2C)c1. The van der Waals surface area contributed by atoms with Gasteiger partial charge in [0.05, 0.1) is 0 Å². The molecule has 3 heteroatoms. The molecule has 2 nitrogen and oxygen atoms in total. The van der Waals surface area contributed by atoms with Gasteiger partial charge in [0, 0.05) is 17.4 Å². The van der Waals surface area contributed by atoms with Gasteiger partial charge in [-0.05, 0) is 61.3 Å². The maximum Gasteiger partial charge on any atom is 0.178 e. The van der Waals surface area contributed by atoms with Crippen molar-refractivity contribution >= 4 is 28.7 Å². The quantitative estimate of drug-likeness (QED) is 0.827. The summed E-state index contributed by atoms with van der Waals surface area (Å²) in [6, 6.07) is 17.4. The molecule has 1 aliphatic rings. The van der Waals surface area contributed by atoms with Crippen molar-refractivity contribution in [2.45, 2.75) is 32.7 Å². The molecular formula is C18H20N2S. The summed E-state index contributed by atoms with van der Waals surface area (Å²) in [6.07, 6.45) is 2.08. The molecule has 1 aliphatic heterocycles. The lowest BCUT2D eigenvalue weighted by Gasteiger charge is -2.26. The van der Waals surface area contributed by atoms with E-state index >= 15 is 0 Å². The van der Waals surface area contributed by atoms with E-state index in [1.54, 1.807) is 0 Å². The normalized spacial score (nSPS) is 16.7. The van der Waals surface area contributed by atoms with E-state index in [9.17, 15) is 0 Å². The summed E-state index contributed by atoms with van der Waals surface area (Å²) in [7, 11) is 0. The van der Waals surface area contributed by atoms with Gasteiger partial charge in [0.1, 0.15) is 0 Å². The van der Waals surface area contributed by atoms with Gasteiger partial charge in [-0.2, -0.15) is 0 Å². The summed E-state index contributed by atoms with van der Waals surface area (Å²) in [4.78, 5) is 2.23. The van der Waals surface area contributed by atoms with Crippen molar-refractivity contribution in [3.8, 4) is 0 Å². The number of rotatable bonds is 2. The molecule has 0 spiro atoms. The van der Waals surface area contributed by atoms with Crippen LogP contribution in [0.3, 0.4) is 0 Å². The number of anilines is 2. The largest absolute Gasteiger partial charge is 0.332 e. The number of nitrogens with zero attached hydrogens (tertiary/aromatic N) is 1. The first-order valence-electron chi connectivity index (χ1n) is 7.46. The van der Waals surface area contributed by atoms with Gasteiger partial charge >= 0.3 is 0 Å². The fourth-order valence-corrected chi connectivity index (χ4v) is 3.32. The van der Waals surface area contributed by atoms with Gasteiger partial charge in [0.2, 0.25) is 0 Å². The van der Waals surface area contributed by atoms with Crippen LogP contribution in [-0.4, -0.2) is 11.2 Å². The van der Waals surface area contributed by atoms with Crippen molar-refractivity contribution in [2.75, 3.05) is 10.2 Å². The highest BCUT2D eigenvalue weighted by Gasteiger charge is 2.28. The van der Waals surface area contributed by atoms with E-state index in [1.165, 1.54) is 16.8 Å². The second-order valence-electron chi connectivity index (χ2n) is 5.54. The van der Waals surface area contributed by atoms with Crippen molar-refractivity contribution in [1.82, 2.24) is 0 Å². The maximum absolute atomic E-state index is 5.64. The molecule has 0 aliphatic carbocycles. The molecule has 21 heavy (non-hydrogen) atoms. The van der Waals surface area contributed by atoms with Crippen molar-refractivity contribution in [2.24, 2.45) is 0 Å². The van der Waals surface area contributed by atoms with Crippen molar-refractivity contribution in [3.05, 3.63) is 59.7 Å². The molecular weight excluding hydrogens is 276 g/mol. The first-order chi connectivity index (χ1) is 10.2. The molecule has 2 aromatic rings. The predicted octanol–water partition coefficient (Wildman–Crippen LogP) is 4.40. The first kappa shape index (κ1) is 14.1. The lowest BCUT2D eigenvalue weighted by molar-refractivity contribution is 0.776. The molecule has 2 aromatic carbocycles. The second-order valence-corrected chi connectivity index (χ2v) is 5.92. The summed E-state index contributed by atoms with van der Waals surface area (Å²) in [6.45, 7) is 4.38. The van der Waals surface area contributed by atoms with E-state index < -0.39 is 0 Å². The molecule has 0 fully saturated rings. The third-order valence-electron chi connectivity index (χ3n) is 4.01. The van der Waals surface area contributed by atoms with Crippen LogP contribution in [0.1, 0.15) is 25.0 Å². The fraction of sp³-hybridized carbons (Fsp3) is 0.278. The Balaban J connectivity index is 1.82. The molecule has 0 aromatic heterocycles. The Labute approximate surface area is 131 Å². The lowest BCUT2D eigenvalue weighted by Crippen LogP contribution is -2.38. The highest BCUT2D eigenvalue weighted by atomic mass is 32.1. The Morgan fingerprint density at radius 2 is 2.05 bits per heavy atom. The van der Waals surface area contributed by atoms with Crippen LogP contribution in [0.2, 0.25) is 0 Å². The van der Waals surface area contributed by atoms with Gasteiger partial charge in [0.25, 0.3) is 0 Å². The third-order valence-corrected chi connectivity index (χ3v) is 4.31. The summed E-state index contributed by atoms with van der Waals surface area (Å²) in [5.41, 5.74) is 4.99. The van der Waals surface area contributed by atoms with Crippen LogP contribution in [0.5, 0.6) is 0 Å². The van der Waals surface area contributed by atoms with Crippen LogP contribution < -0.4 is 10.2 Å². The van der Waals surface area contributed by atoms with Crippen LogP contribution in [-0.2, 0) is 12.8 Å². The molecule has 0 unspecified atom stereocenters. The van der Waals surface area contributed by atoms with Gasteiger partial charge < -0.3 is 10.2 Å². The molecule has 0 saturated heterocycles. The average molecular weight is 296 g/mol. The van der Waals surface area contributed by atoms with Gasteiger partial charge in [0.15, 0.2) is 5.11 Å². The number of fused-ring (bicyclic) bond motifs is 1. The minimum absolute atomic E-state index is 0.400. The average Bonchev–Trinajstić information content (AvgIpc) is 2.83. The van der Waals surface area contributed by atoms with E-state index in [-0.39, 0.29) is 0 Å². The Kier molecular flexibility index (Phi) is 3.93. The number of para-hydroxylation sites is 1. The number of benzene rings is 2. The van der Waals surface area contributed by atoms with Crippen LogP contribution in [0, 0.1) is 0 Å². The molecule has 108 valence electrons. The first-order valence-corrected chi connectivity index (χ1v) is 7.87.